The number of aliphatic hydroxyl groups is 1. The number of hydrogen-bond donors (Lipinski definition) is 2. The molecule has 86 valence electrons. The lowest BCUT2D eigenvalue weighted by Crippen LogP contribution is -2.38. The van der Waals surface area contributed by atoms with Crippen LogP contribution in [0.3, 0.4) is 0 Å². The molecule has 4 heteroatoms. The topological polar surface area (TPSA) is 45.2 Å². The van der Waals surface area contributed by atoms with Crippen molar-refractivity contribution in [1.82, 2.24) is 10.3 Å². The van der Waals surface area contributed by atoms with Crippen molar-refractivity contribution >= 4 is 11.3 Å². The number of aliphatic hydroxyl groups excluding tert-OH is 1. The Kier molecular flexibility index (Phi) is 5.22. The van der Waals surface area contributed by atoms with Crippen molar-refractivity contribution in [2.45, 2.75) is 33.2 Å². The van der Waals surface area contributed by atoms with Gasteiger partial charge in [-0.25, -0.2) is 4.98 Å². The van der Waals surface area contributed by atoms with Gasteiger partial charge in [0.25, 0.3) is 0 Å². The molecule has 0 fully saturated rings. The van der Waals surface area contributed by atoms with E-state index in [4.69, 9.17) is 5.11 Å². The first-order valence-electron chi connectivity index (χ1n) is 5.38. The van der Waals surface area contributed by atoms with Gasteiger partial charge in [-0.05, 0) is 19.3 Å². The molecule has 0 saturated carbocycles. The summed E-state index contributed by atoms with van der Waals surface area (Å²) in [6.07, 6.45) is 1.000. The molecule has 3 nitrogen and oxygen atoms in total. The summed E-state index contributed by atoms with van der Waals surface area (Å²) in [7, 11) is 0. The molecule has 1 aromatic rings. The van der Waals surface area contributed by atoms with Gasteiger partial charge in [0, 0.05) is 17.5 Å². The largest absolute Gasteiger partial charge is 0.395 e. The van der Waals surface area contributed by atoms with Crippen LogP contribution in [0.5, 0.6) is 0 Å². The highest BCUT2D eigenvalue weighted by Gasteiger charge is 2.11. The molecule has 0 radical (unpaired) electrons. The second-order valence-electron chi connectivity index (χ2n) is 4.10. The Labute approximate surface area is 95.6 Å². The van der Waals surface area contributed by atoms with E-state index in [2.05, 4.69) is 24.1 Å². The number of rotatable bonds is 6. The summed E-state index contributed by atoms with van der Waals surface area (Å²) in [6.45, 7) is 7.39. The number of nitrogens with zero attached hydrogens (tertiary/aromatic N) is 1. The number of hydrogen-bond acceptors (Lipinski definition) is 4. The number of aromatic nitrogens is 1. The maximum absolute atomic E-state index is 9.14. The average molecular weight is 228 g/mol. The SMILES string of the molecule is Cc1ncsc1CCNC(CO)C(C)C. The molecule has 0 bridgehead atoms. The van der Waals surface area contributed by atoms with Crippen molar-refractivity contribution in [3.63, 3.8) is 0 Å². The first-order valence-corrected chi connectivity index (χ1v) is 6.26. The lowest BCUT2D eigenvalue weighted by Gasteiger charge is -2.19. The first kappa shape index (κ1) is 12.6. The third-order valence-electron chi connectivity index (χ3n) is 2.60. The summed E-state index contributed by atoms with van der Waals surface area (Å²) < 4.78 is 0. The second-order valence-corrected chi connectivity index (χ2v) is 5.04. The molecule has 0 aliphatic carbocycles. The molecule has 15 heavy (non-hydrogen) atoms. The van der Waals surface area contributed by atoms with Gasteiger partial charge >= 0.3 is 0 Å². The Hall–Kier alpha value is -0.450. The molecular formula is C11H20N2OS. The van der Waals surface area contributed by atoms with Crippen LogP contribution in [-0.4, -0.2) is 29.3 Å². The van der Waals surface area contributed by atoms with Gasteiger partial charge < -0.3 is 10.4 Å². The van der Waals surface area contributed by atoms with Crippen molar-refractivity contribution in [1.29, 1.82) is 0 Å². The maximum Gasteiger partial charge on any atom is 0.0797 e. The van der Waals surface area contributed by atoms with Crippen LogP contribution in [-0.2, 0) is 6.42 Å². The molecule has 0 spiro atoms. The minimum atomic E-state index is 0.207. The Morgan fingerprint density at radius 3 is 2.73 bits per heavy atom. The standard InChI is InChI=1S/C11H20N2OS/c1-8(2)10(6-14)12-5-4-11-9(3)13-7-15-11/h7-8,10,12,14H,4-6H2,1-3H3. The highest BCUT2D eigenvalue weighted by Crippen LogP contribution is 2.12. The highest BCUT2D eigenvalue weighted by atomic mass is 32.1. The third-order valence-corrected chi connectivity index (χ3v) is 3.60. The lowest BCUT2D eigenvalue weighted by atomic mass is 10.1. The van der Waals surface area contributed by atoms with E-state index in [9.17, 15) is 0 Å². The van der Waals surface area contributed by atoms with Crippen LogP contribution >= 0.6 is 11.3 Å². The van der Waals surface area contributed by atoms with Gasteiger partial charge in [0.2, 0.25) is 0 Å². The van der Waals surface area contributed by atoms with Gasteiger partial charge in [-0.3, -0.25) is 0 Å². The van der Waals surface area contributed by atoms with E-state index in [0.717, 1.165) is 18.7 Å². The Morgan fingerprint density at radius 2 is 2.27 bits per heavy atom. The third kappa shape index (κ3) is 3.89. The molecule has 0 aliphatic heterocycles. The molecule has 2 N–H and O–H groups in total. The minimum absolute atomic E-state index is 0.207. The summed E-state index contributed by atoms with van der Waals surface area (Å²) in [5.74, 6) is 0.470. The Balaban J connectivity index is 2.29. The average Bonchev–Trinajstić information content (AvgIpc) is 2.58. The van der Waals surface area contributed by atoms with Crippen molar-refractivity contribution < 1.29 is 5.11 Å². The van der Waals surface area contributed by atoms with Crippen molar-refractivity contribution in [2.24, 2.45) is 5.92 Å². The molecule has 1 rings (SSSR count). The zero-order valence-corrected chi connectivity index (χ0v) is 10.5. The Bertz CT molecular complexity index is 286. The van der Waals surface area contributed by atoms with Gasteiger partial charge in [0.1, 0.15) is 0 Å². The van der Waals surface area contributed by atoms with E-state index < -0.39 is 0 Å². The van der Waals surface area contributed by atoms with E-state index in [-0.39, 0.29) is 12.6 Å². The van der Waals surface area contributed by atoms with Crippen molar-refractivity contribution in [2.75, 3.05) is 13.2 Å². The molecule has 0 aliphatic rings. The lowest BCUT2D eigenvalue weighted by molar-refractivity contribution is 0.212. The van der Waals surface area contributed by atoms with Crippen molar-refractivity contribution in [3.05, 3.63) is 16.1 Å². The van der Waals surface area contributed by atoms with Gasteiger partial charge in [0.15, 0.2) is 0 Å². The van der Waals surface area contributed by atoms with Crippen LogP contribution in [0.2, 0.25) is 0 Å². The summed E-state index contributed by atoms with van der Waals surface area (Å²) in [4.78, 5) is 5.55. The zero-order chi connectivity index (χ0) is 11.3. The molecule has 1 unspecified atom stereocenters. The zero-order valence-electron chi connectivity index (χ0n) is 9.66. The molecule has 0 amide bonds. The van der Waals surface area contributed by atoms with E-state index in [1.807, 2.05) is 12.4 Å². The van der Waals surface area contributed by atoms with E-state index in [1.165, 1.54) is 4.88 Å². The second kappa shape index (κ2) is 6.20. The number of nitrogens with one attached hydrogen (secondary N) is 1. The van der Waals surface area contributed by atoms with Crippen LogP contribution in [0.4, 0.5) is 0 Å². The molecule has 1 atom stereocenters. The number of thiazole rings is 1. The highest BCUT2D eigenvalue weighted by molar-refractivity contribution is 7.09. The van der Waals surface area contributed by atoms with Crippen LogP contribution in [0, 0.1) is 12.8 Å². The number of aryl methyl sites for hydroxylation is 1. The van der Waals surface area contributed by atoms with Crippen LogP contribution in [0.25, 0.3) is 0 Å². The molecule has 1 aromatic heterocycles. The molecular weight excluding hydrogens is 208 g/mol. The van der Waals surface area contributed by atoms with Gasteiger partial charge in [0.05, 0.1) is 17.8 Å². The van der Waals surface area contributed by atoms with Crippen molar-refractivity contribution in [3.8, 4) is 0 Å². The fourth-order valence-corrected chi connectivity index (χ4v) is 2.23. The van der Waals surface area contributed by atoms with Gasteiger partial charge in [-0.1, -0.05) is 13.8 Å². The van der Waals surface area contributed by atoms with Crippen LogP contribution < -0.4 is 5.32 Å². The monoisotopic (exact) mass is 228 g/mol. The quantitative estimate of drug-likeness (QED) is 0.777. The Morgan fingerprint density at radius 1 is 1.53 bits per heavy atom. The predicted octanol–water partition coefficient (Wildman–Crippen LogP) is 1.60. The molecule has 0 saturated heterocycles. The summed E-state index contributed by atoms with van der Waals surface area (Å²) >= 11 is 1.70. The molecule has 1 heterocycles. The summed E-state index contributed by atoms with van der Waals surface area (Å²) in [5.41, 5.74) is 3.02. The normalized spacial score (nSPS) is 13.4. The van der Waals surface area contributed by atoms with E-state index in [1.54, 1.807) is 11.3 Å². The fourth-order valence-electron chi connectivity index (χ4n) is 1.45. The smallest absolute Gasteiger partial charge is 0.0797 e. The maximum atomic E-state index is 9.14. The fraction of sp³-hybridized carbons (Fsp3) is 0.727. The summed E-state index contributed by atoms with van der Waals surface area (Å²) in [5, 5.41) is 12.5. The first-order chi connectivity index (χ1) is 7.15. The predicted molar refractivity (Wildman–Crippen MR) is 64.3 cm³/mol. The molecule has 0 aromatic carbocycles. The van der Waals surface area contributed by atoms with Gasteiger partial charge in [-0.15, -0.1) is 11.3 Å². The van der Waals surface area contributed by atoms with Gasteiger partial charge in [-0.2, -0.15) is 0 Å². The minimum Gasteiger partial charge on any atom is -0.395 e. The summed E-state index contributed by atoms with van der Waals surface area (Å²) in [6, 6.07) is 0.207. The van der Waals surface area contributed by atoms with E-state index in [0.29, 0.717) is 5.92 Å². The van der Waals surface area contributed by atoms with Crippen LogP contribution in [0.15, 0.2) is 5.51 Å². The van der Waals surface area contributed by atoms with E-state index >= 15 is 0 Å². The van der Waals surface area contributed by atoms with Crippen LogP contribution in [0.1, 0.15) is 24.4 Å².